The first-order valence-electron chi connectivity index (χ1n) is 6.25. The number of benzene rings is 1. The van der Waals surface area contributed by atoms with Gasteiger partial charge in [-0.2, -0.15) is 13.2 Å². The lowest BCUT2D eigenvalue weighted by molar-refractivity contribution is -0.137. The normalized spacial score (nSPS) is 11.2. The number of rotatable bonds is 6. The Morgan fingerprint density at radius 1 is 1.19 bits per heavy atom. The van der Waals surface area contributed by atoms with E-state index in [2.05, 4.69) is 5.32 Å². The Labute approximate surface area is 119 Å². The Kier molecular flexibility index (Phi) is 5.57. The van der Waals surface area contributed by atoms with Crippen LogP contribution in [0.3, 0.4) is 0 Å². The van der Waals surface area contributed by atoms with Crippen LogP contribution in [0.1, 0.15) is 35.2 Å². The van der Waals surface area contributed by atoms with E-state index in [1.165, 1.54) is 0 Å². The Bertz CT molecular complexity index is 530. The number of halogens is 3. The summed E-state index contributed by atoms with van der Waals surface area (Å²) in [6.45, 7) is 0.224. The maximum Gasteiger partial charge on any atom is 0.416 e. The molecule has 21 heavy (non-hydrogen) atoms. The average molecular weight is 303 g/mol. The van der Waals surface area contributed by atoms with E-state index in [4.69, 9.17) is 11.5 Å². The van der Waals surface area contributed by atoms with Gasteiger partial charge in [0.1, 0.15) is 0 Å². The summed E-state index contributed by atoms with van der Waals surface area (Å²) in [5, 5.41) is 2.45. The van der Waals surface area contributed by atoms with Crippen molar-refractivity contribution in [3.8, 4) is 0 Å². The number of alkyl halides is 3. The van der Waals surface area contributed by atoms with Crippen LogP contribution in [0.15, 0.2) is 18.2 Å². The van der Waals surface area contributed by atoms with Gasteiger partial charge in [0.25, 0.3) is 5.91 Å². The first kappa shape index (κ1) is 16.8. The fraction of sp³-hybridized carbons (Fsp3) is 0.385. The van der Waals surface area contributed by atoms with Crippen LogP contribution in [0.4, 0.5) is 18.9 Å². The molecule has 0 aliphatic heterocycles. The summed E-state index contributed by atoms with van der Waals surface area (Å²) in [6.07, 6.45) is -3.35. The van der Waals surface area contributed by atoms with Crippen LogP contribution in [0, 0.1) is 0 Å². The molecular formula is C13H16F3N3O2. The molecule has 0 radical (unpaired) electrons. The van der Waals surface area contributed by atoms with E-state index < -0.39 is 23.6 Å². The van der Waals surface area contributed by atoms with Crippen molar-refractivity contribution in [1.29, 1.82) is 0 Å². The van der Waals surface area contributed by atoms with Crippen LogP contribution in [-0.2, 0) is 11.0 Å². The van der Waals surface area contributed by atoms with Gasteiger partial charge < -0.3 is 16.8 Å². The molecule has 0 saturated carbocycles. The third-order valence-electron chi connectivity index (χ3n) is 2.76. The summed E-state index contributed by atoms with van der Waals surface area (Å²) in [7, 11) is 0. The molecule has 1 aromatic carbocycles. The molecule has 8 heteroatoms. The topological polar surface area (TPSA) is 98.2 Å². The molecule has 1 rings (SSSR count). The smallest absolute Gasteiger partial charge is 0.398 e. The molecule has 0 bridgehead atoms. The maximum absolute atomic E-state index is 12.6. The fourth-order valence-corrected chi connectivity index (χ4v) is 1.65. The lowest BCUT2D eigenvalue weighted by Gasteiger charge is -2.11. The van der Waals surface area contributed by atoms with Gasteiger partial charge in [0.15, 0.2) is 0 Å². The van der Waals surface area contributed by atoms with Gasteiger partial charge in [0.2, 0.25) is 5.91 Å². The third-order valence-corrected chi connectivity index (χ3v) is 2.76. The van der Waals surface area contributed by atoms with E-state index in [1.54, 1.807) is 0 Å². The first-order valence-corrected chi connectivity index (χ1v) is 6.25. The summed E-state index contributed by atoms with van der Waals surface area (Å²) >= 11 is 0. The molecule has 116 valence electrons. The molecule has 2 amide bonds. The average Bonchev–Trinajstić information content (AvgIpc) is 2.36. The van der Waals surface area contributed by atoms with Crippen LogP contribution in [-0.4, -0.2) is 18.4 Å². The number of anilines is 1. The number of nitrogens with two attached hydrogens (primary N) is 2. The molecule has 0 saturated heterocycles. The predicted octanol–water partition coefficient (Wildman–Crippen LogP) is 1.67. The van der Waals surface area contributed by atoms with Gasteiger partial charge in [-0.1, -0.05) is 0 Å². The second-order valence-corrected chi connectivity index (χ2v) is 4.48. The molecule has 5 N–H and O–H groups in total. The van der Waals surface area contributed by atoms with E-state index in [-0.39, 0.29) is 24.2 Å². The van der Waals surface area contributed by atoms with E-state index >= 15 is 0 Å². The van der Waals surface area contributed by atoms with Gasteiger partial charge in [-0.25, -0.2) is 0 Å². The molecule has 5 nitrogen and oxygen atoms in total. The fourth-order valence-electron chi connectivity index (χ4n) is 1.65. The highest BCUT2D eigenvalue weighted by Crippen LogP contribution is 2.31. The third kappa shape index (κ3) is 5.33. The van der Waals surface area contributed by atoms with Crippen molar-refractivity contribution in [3.63, 3.8) is 0 Å². The number of carbonyl (C=O) groups excluding carboxylic acids is 2. The predicted molar refractivity (Wildman–Crippen MR) is 71.2 cm³/mol. The van der Waals surface area contributed by atoms with Gasteiger partial charge in [-0.15, -0.1) is 0 Å². The molecule has 0 aliphatic carbocycles. The summed E-state index contributed by atoms with van der Waals surface area (Å²) in [5.74, 6) is -1.12. The second-order valence-electron chi connectivity index (χ2n) is 4.48. The molecule has 0 aliphatic rings. The SMILES string of the molecule is NC(=O)CCCCNC(=O)c1cc(C(F)(F)F)ccc1N. The highest BCUT2D eigenvalue weighted by Gasteiger charge is 2.31. The standard InChI is InChI=1S/C13H16F3N3O2/c14-13(15,16)8-4-5-10(17)9(7-8)12(21)19-6-2-1-3-11(18)20/h4-5,7H,1-3,6,17H2,(H2,18,20)(H,19,21). The van der Waals surface area contributed by atoms with Crippen LogP contribution >= 0.6 is 0 Å². The lowest BCUT2D eigenvalue weighted by atomic mass is 10.1. The van der Waals surface area contributed by atoms with Gasteiger partial charge >= 0.3 is 6.18 Å². The number of unbranched alkanes of at least 4 members (excludes halogenated alkanes) is 1. The van der Waals surface area contributed by atoms with Crippen molar-refractivity contribution in [2.45, 2.75) is 25.4 Å². The zero-order chi connectivity index (χ0) is 16.0. The highest BCUT2D eigenvalue weighted by molar-refractivity contribution is 5.99. The van der Waals surface area contributed by atoms with Gasteiger partial charge in [-0.05, 0) is 31.0 Å². The van der Waals surface area contributed by atoms with Crippen LogP contribution in [0.5, 0.6) is 0 Å². The van der Waals surface area contributed by atoms with E-state index in [0.29, 0.717) is 18.9 Å². The molecule has 1 aromatic rings. The van der Waals surface area contributed by atoms with E-state index in [0.717, 1.165) is 12.1 Å². The van der Waals surface area contributed by atoms with E-state index in [1.807, 2.05) is 0 Å². The highest BCUT2D eigenvalue weighted by atomic mass is 19.4. The van der Waals surface area contributed by atoms with Crippen molar-refractivity contribution in [3.05, 3.63) is 29.3 Å². The number of nitrogen functional groups attached to an aromatic ring is 1. The molecule has 0 unspecified atom stereocenters. The number of carbonyl (C=O) groups is 2. The Morgan fingerprint density at radius 3 is 2.43 bits per heavy atom. The molecule has 0 atom stereocenters. The second kappa shape index (κ2) is 6.96. The van der Waals surface area contributed by atoms with E-state index in [9.17, 15) is 22.8 Å². The lowest BCUT2D eigenvalue weighted by Crippen LogP contribution is -2.26. The molecule has 0 aromatic heterocycles. The van der Waals surface area contributed by atoms with Gasteiger partial charge in [0, 0.05) is 18.7 Å². The van der Waals surface area contributed by atoms with Crippen LogP contribution in [0.25, 0.3) is 0 Å². The molecule has 0 fully saturated rings. The number of amides is 2. The summed E-state index contributed by atoms with van der Waals surface area (Å²) in [4.78, 5) is 22.3. The van der Waals surface area contributed by atoms with Crippen LogP contribution in [0.2, 0.25) is 0 Å². The van der Waals surface area contributed by atoms with Crippen molar-refractivity contribution in [2.24, 2.45) is 5.73 Å². The summed E-state index contributed by atoms with van der Waals surface area (Å²) in [5.41, 5.74) is 9.28. The number of hydrogen-bond donors (Lipinski definition) is 3. The molecule has 0 spiro atoms. The minimum atomic E-state index is -4.54. The zero-order valence-electron chi connectivity index (χ0n) is 11.2. The Morgan fingerprint density at radius 2 is 1.86 bits per heavy atom. The van der Waals surface area contributed by atoms with Crippen LogP contribution < -0.4 is 16.8 Å². The van der Waals surface area contributed by atoms with Gasteiger partial charge in [0.05, 0.1) is 11.1 Å². The first-order chi connectivity index (χ1) is 9.71. The minimum absolute atomic E-state index is 0.0300. The molecular weight excluding hydrogens is 287 g/mol. The Hall–Kier alpha value is -2.25. The van der Waals surface area contributed by atoms with Gasteiger partial charge in [-0.3, -0.25) is 9.59 Å². The number of nitrogens with one attached hydrogen (secondary N) is 1. The van der Waals surface area contributed by atoms with Crippen molar-refractivity contribution in [1.82, 2.24) is 5.32 Å². The Balaban J connectivity index is 2.63. The summed E-state index contributed by atoms with van der Waals surface area (Å²) in [6, 6.07) is 2.58. The zero-order valence-corrected chi connectivity index (χ0v) is 11.2. The number of hydrogen-bond acceptors (Lipinski definition) is 3. The quantitative estimate of drug-likeness (QED) is 0.550. The maximum atomic E-state index is 12.6. The monoisotopic (exact) mass is 303 g/mol. The van der Waals surface area contributed by atoms with Crippen molar-refractivity contribution < 1.29 is 22.8 Å². The summed E-state index contributed by atoms with van der Waals surface area (Å²) < 4.78 is 37.7. The number of primary amides is 1. The minimum Gasteiger partial charge on any atom is -0.398 e. The molecule has 0 heterocycles. The van der Waals surface area contributed by atoms with Crippen molar-refractivity contribution in [2.75, 3.05) is 12.3 Å². The van der Waals surface area contributed by atoms with Crippen molar-refractivity contribution >= 4 is 17.5 Å². The largest absolute Gasteiger partial charge is 0.416 e.